The average molecular weight is 296 g/mol. The molecule has 1 aliphatic rings. The van der Waals surface area contributed by atoms with Gasteiger partial charge in [-0.3, -0.25) is 4.79 Å². The second kappa shape index (κ2) is 6.26. The first-order chi connectivity index (χ1) is 9.53. The Kier molecular flexibility index (Phi) is 4.65. The van der Waals surface area contributed by atoms with Crippen molar-refractivity contribution in [2.45, 2.75) is 37.1 Å². The van der Waals surface area contributed by atoms with E-state index in [0.717, 1.165) is 6.42 Å². The van der Waals surface area contributed by atoms with E-state index in [4.69, 9.17) is 0 Å². The molecule has 0 bridgehead atoms. The molecule has 1 aromatic rings. The summed E-state index contributed by atoms with van der Waals surface area (Å²) in [6, 6.07) is 7.00. The lowest BCUT2D eigenvalue weighted by atomic mass is 10.2. The fraction of sp³-hybridized carbons (Fsp3) is 0.500. The Labute approximate surface area is 119 Å². The van der Waals surface area contributed by atoms with Gasteiger partial charge in [0.25, 0.3) is 0 Å². The van der Waals surface area contributed by atoms with Gasteiger partial charge in [-0.05, 0) is 25.0 Å². The van der Waals surface area contributed by atoms with Crippen LogP contribution in [0.25, 0.3) is 0 Å². The molecular weight excluding hydrogens is 276 g/mol. The summed E-state index contributed by atoms with van der Waals surface area (Å²) in [5.74, 6) is 0.204. The number of nitrogens with one attached hydrogen (secondary N) is 2. The van der Waals surface area contributed by atoms with Crippen LogP contribution in [0.1, 0.15) is 26.2 Å². The number of amides is 1. The molecule has 5 nitrogen and oxygen atoms in total. The fourth-order valence-corrected chi connectivity index (χ4v) is 3.84. The largest absolute Gasteiger partial charge is 0.382 e. The Bertz CT molecular complexity index is 584. The van der Waals surface area contributed by atoms with Crippen LogP contribution in [0.2, 0.25) is 0 Å². The summed E-state index contributed by atoms with van der Waals surface area (Å²) >= 11 is 0. The van der Waals surface area contributed by atoms with Crippen LogP contribution in [-0.2, 0) is 14.6 Å². The highest BCUT2D eigenvalue weighted by Gasteiger charge is 2.22. The van der Waals surface area contributed by atoms with E-state index < -0.39 is 9.84 Å². The molecule has 0 spiro atoms. The standard InChI is InChI=1S/C14H20N2O3S/c1-2-9-20(18,19)13-6-4-3-5-12(13)15-10-11-7-8-14(17)16-11/h3-6,11,15H,2,7-10H2,1H3,(H,16,17). The van der Waals surface area contributed by atoms with E-state index in [1.165, 1.54) is 0 Å². The topological polar surface area (TPSA) is 75.3 Å². The van der Waals surface area contributed by atoms with Crippen LogP contribution in [0.15, 0.2) is 29.2 Å². The van der Waals surface area contributed by atoms with E-state index in [1.807, 2.05) is 6.92 Å². The van der Waals surface area contributed by atoms with Gasteiger partial charge < -0.3 is 10.6 Å². The number of carbonyl (C=O) groups is 1. The highest BCUT2D eigenvalue weighted by Crippen LogP contribution is 2.23. The first-order valence-corrected chi connectivity index (χ1v) is 8.53. The zero-order valence-electron chi connectivity index (χ0n) is 11.6. The van der Waals surface area contributed by atoms with Gasteiger partial charge in [0.15, 0.2) is 9.84 Å². The second-order valence-electron chi connectivity index (χ2n) is 5.00. The number of hydrogen-bond acceptors (Lipinski definition) is 4. The third-order valence-corrected chi connectivity index (χ3v) is 5.29. The van der Waals surface area contributed by atoms with E-state index in [-0.39, 0.29) is 17.7 Å². The highest BCUT2D eigenvalue weighted by atomic mass is 32.2. The molecular formula is C14H20N2O3S. The van der Waals surface area contributed by atoms with E-state index in [0.29, 0.717) is 30.0 Å². The van der Waals surface area contributed by atoms with Crippen molar-refractivity contribution in [2.75, 3.05) is 17.6 Å². The molecule has 0 aliphatic carbocycles. The molecule has 1 amide bonds. The molecule has 2 rings (SSSR count). The Morgan fingerprint density at radius 1 is 1.35 bits per heavy atom. The third kappa shape index (κ3) is 3.50. The monoisotopic (exact) mass is 296 g/mol. The van der Waals surface area contributed by atoms with Gasteiger partial charge in [-0.2, -0.15) is 0 Å². The van der Waals surface area contributed by atoms with E-state index >= 15 is 0 Å². The summed E-state index contributed by atoms with van der Waals surface area (Å²) in [4.78, 5) is 11.5. The van der Waals surface area contributed by atoms with Gasteiger partial charge >= 0.3 is 0 Å². The first kappa shape index (κ1) is 14.8. The van der Waals surface area contributed by atoms with Crippen molar-refractivity contribution in [3.63, 3.8) is 0 Å². The lowest BCUT2D eigenvalue weighted by Gasteiger charge is -2.15. The Morgan fingerprint density at radius 2 is 2.10 bits per heavy atom. The van der Waals surface area contributed by atoms with Crippen molar-refractivity contribution in [1.82, 2.24) is 5.32 Å². The lowest BCUT2D eigenvalue weighted by Crippen LogP contribution is -2.32. The SMILES string of the molecule is CCCS(=O)(=O)c1ccccc1NCC1CCC(=O)N1. The maximum Gasteiger partial charge on any atom is 0.220 e. The molecule has 2 N–H and O–H groups in total. The molecule has 1 aliphatic heterocycles. The molecule has 1 unspecified atom stereocenters. The molecule has 1 fully saturated rings. The van der Waals surface area contributed by atoms with Gasteiger partial charge in [0.2, 0.25) is 5.91 Å². The number of hydrogen-bond donors (Lipinski definition) is 2. The van der Waals surface area contributed by atoms with Crippen LogP contribution < -0.4 is 10.6 Å². The van der Waals surface area contributed by atoms with Crippen LogP contribution in [0.3, 0.4) is 0 Å². The van der Waals surface area contributed by atoms with E-state index in [9.17, 15) is 13.2 Å². The maximum atomic E-state index is 12.2. The van der Waals surface area contributed by atoms with Crippen molar-refractivity contribution in [3.05, 3.63) is 24.3 Å². The van der Waals surface area contributed by atoms with Gasteiger partial charge in [0, 0.05) is 19.0 Å². The minimum absolute atomic E-state index is 0.0590. The highest BCUT2D eigenvalue weighted by molar-refractivity contribution is 7.91. The number of benzene rings is 1. The van der Waals surface area contributed by atoms with Gasteiger partial charge in [-0.1, -0.05) is 19.1 Å². The predicted octanol–water partition coefficient (Wildman–Crippen LogP) is 1.56. The quantitative estimate of drug-likeness (QED) is 0.835. The van der Waals surface area contributed by atoms with Gasteiger partial charge in [0.1, 0.15) is 0 Å². The Balaban J connectivity index is 2.10. The molecule has 1 heterocycles. The smallest absolute Gasteiger partial charge is 0.220 e. The lowest BCUT2D eigenvalue weighted by molar-refractivity contribution is -0.119. The van der Waals surface area contributed by atoms with Gasteiger partial charge in [0.05, 0.1) is 16.3 Å². The summed E-state index contributed by atoms with van der Waals surface area (Å²) in [6.45, 7) is 2.39. The Morgan fingerprint density at radius 3 is 2.75 bits per heavy atom. The van der Waals surface area contributed by atoms with Crippen LogP contribution in [0.4, 0.5) is 5.69 Å². The molecule has 0 radical (unpaired) electrons. The van der Waals surface area contributed by atoms with Crippen LogP contribution in [0.5, 0.6) is 0 Å². The van der Waals surface area contributed by atoms with E-state index in [2.05, 4.69) is 10.6 Å². The second-order valence-corrected chi connectivity index (χ2v) is 7.08. The number of rotatable bonds is 6. The summed E-state index contributed by atoms with van der Waals surface area (Å²) in [5.41, 5.74) is 0.613. The molecule has 20 heavy (non-hydrogen) atoms. The molecule has 1 atom stereocenters. The van der Waals surface area contributed by atoms with Crippen LogP contribution >= 0.6 is 0 Å². The molecule has 110 valence electrons. The third-order valence-electron chi connectivity index (χ3n) is 3.32. The van der Waals surface area contributed by atoms with Crippen molar-refractivity contribution < 1.29 is 13.2 Å². The number of sulfone groups is 1. The van der Waals surface area contributed by atoms with Crippen molar-refractivity contribution in [1.29, 1.82) is 0 Å². The summed E-state index contributed by atoms with van der Waals surface area (Å²) < 4.78 is 24.4. The zero-order chi connectivity index (χ0) is 14.6. The summed E-state index contributed by atoms with van der Waals surface area (Å²) in [5, 5.41) is 6.00. The van der Waals surface area contributed by atoms with Gasteiger partial charge in [-0.15, -0.1) is 0 Å². The van der Waals surface area contributed by atoms with Crippen LogP contribution in [0, 0.1) is 0 Å². The van der Waals surface area contributed by atoms with Crippen molar-refractivity contribution in [3.8, 4) is 0 Å². The minimum atomic E-state index is -3.25. The molecule has 0 aromatic heterocycles. The van der Waals surface area contributed by atoms with Crippen molar-refractivity contribution >= 4 is 21.4 Å². The zero-order valence-corrected chi connectivity index (χ0v) is 12.4. The van der Waals surface area contributed by atoms with Gasteiger partial charge in [-0.25, -0.2) is 8.42 Å². The average Bonchev–Trinajstić information content (AvgIpc) is 2.82. The number of para-hydroxylation sites is 1. The number of anilines is 1. The van der Waals surface area contributed by atoms with E-state index in [1.54, 1.807) is 24.3 Å². The Hall–Kier alpha value is -1.56. The van der Waals surface area contributed by atoms with Crippen molar-refractivity contribution in [2.24, 2.45) is 0 Å². The summed E-state index contributed by atoms with van der Waals surface area (Å²) in [6.07, 6.45) is 1.92. The fourth-order valence-electron chi connectivity index (χ4n) is 2.33. The maximum absolute atomic E-state index is 12.2. The molecule has 1 aromatic carbocycles. The van der Waals surface area contributed by atoms with Crippen LogP contribution in [-0.4, -0.2) is 32.7 Å². The minimum Gasteiger partial charge on any atom is -0.382 e. The molecule has 6 heteroatoms. The molecule has 1 saturated heterocycles. The first-order valence-electron chi connectivity index (χ1n) is 6.88. The predicted molar refractivity (Wildman–Crippen MR) is 78.4 cm³/mol. The molecule has 0 saturated carbocycles. The number of carbonyl (C=O) groups excluding carboxylic acids is 1. The normalized spacial score (nSPS) is 18.9. The summed E-state index contributed by atoms with van der Waals surface area (Å²) in [7, 11) is -3.25.